The Bertz CT molecular complexity index is 848. The van der Waals surface area contributed by atoms with Gasteiger partial charge in [-0.05, 0) is 43.0 Å². The summed E-state index contributed by atoms with van der Waals surface area (Å²) in [7, 11) is 1.72. The molecule has 2 aromatic rings. The molecule has 0 bridgehead atoms. The lowest BCUT2D eigenvalue weighted by atomic mass is 10.00. The summed E-state index contributed by atoms with van der Waals surface area (Å²) in [5, 5.41) is 0. The number of ether oxygens (including phenoxy) is 1. The highest BCUT2D eigenvalue weighted by molar-refractivity contribution is 5.93. The predicted molar refractivity (Wildman–Crippen MR) is 116 cm³/mol. The number of carbonyl (C=O) groups excluding carboxylic acids is 1. The zero-order valence-electron chi connectivity index (χ0n) is 17.4. The number of anilines is 2. The first-order valence-electron chi connectivity index (χ1n) is 10.5. The number of hydrogen-bond donors (Lipinski definition) is 0. The van der Waals surface area contributed by atoms with Crippen molar-refractivity contribution >= 4 is 17.3 Å². The fourth-order valence-electron chi connectivity index (χ4n) is 4.37. The molecule has 2 fully saturated rings. The number of methoxy groups -OCH3 is 1. The summed E-state index contributed by atoms with van der Waals surface area (Å²) >= 11 is 0. The molecule has 1 unspecified atom stereocenters. The van der Waals surface area contributed by atoms with Gasteiger partial charge in [-0.25, -0.2) is 0 Å². The topological polar surface area (TPSA) is 48.9 Å². The van der Waals surface area contributed by atoms with E-state index in [0.717, 1.165) is 62.8 Å². The molecule has 4 rings (SSSR count). The minimum atomic E-state index is 0.0612. The number of piperidine rings is 1. The van der Waals surface area contributed by atoms with Crippen LogP contribution in [0.3, 0.4) is 0 Å². The summed E-state index contributed by atoms with van der Waals surface area (Å²) in [5.41, 5.74) is 2.77. The normalized spacial score (nSPS) is 19.9. The molecule has 0 spiro atoms. The van der Waals surface area contributed by atoms with Gasteiger partial charge in [-0.3, -0.25) is 9.78 Å². The lowest BCUT2D eigenvalue weighted by Crippen LogP contribution is -2.46. The van der Waals surface area contributed by atoms with Crippen LogP contribution in [0.2, 0.25) is 0 Å². The van der Waals surface area contributed by atoms with Crippen LogP contribution in [0.15, 0.2) is 42.6 Å². The van der Waals surface area contributed by atoms with Crippen LogP contribution in [0.4, 0.5) is 11.4 Å². The molecule has 0 aliphatic carbocycles. The summed E-state index contributed by atoms with van der Waals surface area (Å²) in [4.78, 5) is 23.9. The van der Waals surface area contributed by atoms with E-state index in [0.29, 0.717) is 11.6 Å². The maximum atomic E-state index is 12.9. The van der Waals surface area contributed by atoms with Gasteiger partial charge in [-0.2, -0.15) is 0 Å². The molecule has 3 heterocycles. The van der Waals surface area contributed by atoms with E-state index < -0.39 is 0 Å². The van der Waals surface area contributed by atoms with Crippen molar-refractivity contribution in [3.8, 4) is 5.75 Å². The number of carbonyl (C=O) groups is 1. The van der Waals surface area contributed by atoms with Crippen LogP contribution < -0.4 is 14.5 Å². The van der Waals surface area contributed by atoms with E-state index in [9.17, 15) is 4.79 Å². The number of benzene rings is 1. The number of nitrogens with zero attached hydrogens (tertiary/aromatic N) is 4. The first kappa shape index (κ1) is 19.6. The van der Waals surface area contributed by atoms with Gasteiger partial charge in [0.1, 0.15) is 11.4 Å². The van der Waals surface area contributed by atoms with Crippen molar-refractivity contribution in [1.29, 1.82) is 0 Å². The average molecular weight is 395 g/mol. The van der Waals surface area contributed by atoms with Gasteiger partial charge < -0.3 is 19.4 Å². The first-order chi connectivity index (χ1) is 14.2. The maximum Gasteiger partial charge on any atom is 0.272 e. The second kappa shape index (κ2) is 8.72. The second-order valence-corrected chi connectivity index (χ2v) is 8.04. The van der Waals surface area contributed by atoms with Crippen molar-refractivity contribution in [2.75, 3.05) is 56.2 Å². The number of hydrogen-bond acceptors (Lipinski definition) is 5. The van der Waals surface area contributed by atoms with Gasteiger partial charge in [0.05, 0.1) is 12.8 Å². The van der Waals surface area contributed by atoms with E-state index in [2.05, 4.69) is 27.8 Å². The molecular formula is C23H30N4O2. The van der Waals surface area contributed by atoms with Crippen LogP contribution in [0.25, 0.3) is 0 Å². The van der Waals surface area contributed by atoms with Gasteiger partial charge in [0.25, 0.3) is 5.91 Å². The summed E-state index contributed by atoms with van der Waals surface area (Å²) in [6.07, 6.45) is 4.05. The molecule has 29 heavy (non-hydrogen) atoms. The minimum Gasteiger partial charge on any atom is -0.495 e. The zero-order valence-corrected chi connectivity index (χ0v) is 17.4. The van der Waals surface area contributed by atoms with Gasteiger partial charge in [-0.1, -0.05) is 19.1 Å². The molecule has 2 aliphatic rings. The van der Waals surface area contributed by atoms with Crippen molar-refractivity contribution in [3.05, 3.63) is 48.3 Å². The Morgan fingerprint density at radius 3 is 2.59 bits per heavy atom. The highest BCUT2D eigenvalue weighted by atomic mass is 16.5. The van der Waals surface area contributed by atoms with Crippen molar-refractivity contribution < 1.29 is 9.53 Å². The molecule has 1 atom stereocenters. The number of para-hydroxylation sites is 2. The smallest absolute Gasteiger partial charge is 0.272 e. The van der Waals surface area contributed by atoms with Crippen LogP contribution in [0, 0.1) is 5.92 Å². The number of aromatic nitrogens is 1. The van der Waals surface area contributed by atoms with Crippen molar-refractivity contribution in [2.24, 2.45) is 5.92 Å². The Balaban J connectivity index is 1.42. The molecule has 1 amide bonds. The first-order valence-corrected chi connectivity index (χ1v) is 10.5. The summed E-state index contributed by atoms with van der Waals surface area (Å²) < 4.78 is 5.51. The monoisotopic (exact) mass is 394 g/mol. The minimum absolute atomic E-state index is 0.0612. The number of pyridine rings is 1. The molecule has 0 N–H and O–H groups in total. The maximum absolute atomic E-state index is 12.9. The van der Waals surface area contributed by atoms with Crippen LogP contribution in [0.1, 0.15) is 30.3 Å². The van der Waals surface area contributed by atoms with E-state index in [4.69, 9.17) is 4.74 Å². The van der Waals surface area contributed by atoms with Crippen LogP contribution in [0.5, 0.6) is 5.75 Å². The molecule has 2 aliphatic heterocycles. The van der Waals surface area contributed by atoms with Gasteiger partial charge in [-0.15, -0.1) is 0 Å². The molecule has 0 radical (unpaired) electrons. The van der Waals surface area contributed by atoms with E-state index in [1.165, 1.54) is 6.42 Å². The molecule has 1 aromatic heterocycles. The van der Waals surface area contributed by atoms with Crippen LogP contribution >= 0.6 is 0 Å². The quantitative estimate of drug-likeness (QED) is 0.796. The predicted octanol–water partition coefficient (Wildman–Crippen LogP) is 3.29. The fourth-order valence-corrected chi connectivity index (χ4v) is 4.37. The average Bonchev–Trinajstić information content (AvgIpc) is 2.79. The molecule has 2 saturated heterocycles. The third-order valence-electron chi connectivity index (χ3n) is 5.98. The molecular weight excluding hydrogens is 364 g/mol. The fraction of sp³-hybridized carbons (Fsp3) is 0.478. The largest absolute Gasteiger partial charge is 0.495 e. The Labute approximate surface area is 173 Å². The van der Waals surface area contributed by atoms with E-state index in [1.54, 1.807) is 13.3 Å². The number of likely N-dealkylation sites (tertiary alicyclic amines) is 1. The lowest BCUT2D eigenvalue weighted by Gasteiger charge is -2.38. The Morgan fingerprint density at radius 1 is 1.07 bits per heavy atom. The van der Waals surface area contributed by atoms with Crippen molar-refractivity contribution in [2.45, 2.75) is 19.8 Å². The lowest BCUT2D eigenvalue weighted by molar-refractivity contribution is 0.0677. The van der Waals surface area contributed by atoms with Gasteiger partial charge in [0.15, 0.2) is 0 Å². The summed E-state index contributed by atoms with van der Waals surface area (Å²) in [6.45, 7) is 7.51. The molecule has 154 valence electrons. The molecule has 6 heteroatoms. The van der Waals surface area contributed by atoms with Crippen LogP contribution in [-0.4, -0.2) is 62.2 Å². The van der Waals surface area contributed by atoms with E-state index in [-0.39, 0.29) is 5.91 Å². The van der Waals surface area contributed by atoms with E-state index in [1.807, 2.05) is 35.2 Å². The SMILES string of the molecule is COc1ccccc1N1CCN(c2ccnc(C(=O)N3CCCC(C)C3)c2)CC1. The van der Waals surface area contributed by atoms with Gasteiger partial charge in [0.2, 0.25) is 0 Å². The highest BCUT2D eigenvalue weighted by Gasteiger charge is 2.24. The third kappa shape index (κ3) is 4.31. The Morgan fingerprint density at radius 2 is 1.83 bits per heavy atom. The number of amides is 1. The summed E-state index contributed by atoms with van der Waals surface area (Å²) in [6, 6.07) is 12.1. The zero-order chi connectivity index (χ0) is 20.2. The molecule has 6 nitrogen and oxygen atoms in total. The molecule has 1 aromatic carbocycles. The van der Waals surface area contributed by atoms with Gasteiger partial charge in [0, 0.05) is 51.2 Å². The Hall–Kier alpha value is -2.76. The summed E-state index contributed by atoms with van der Waals surface area (Å²) in [5.74, 6) is 1.54. The molecule has 0 saturated carbocycles. The highest BCUT2D eigenvalue weighted by Crippen LogP contribution is 2.29. The number of piperazine rings is 1. The van der Waals surface area contributed by atoms with Crippen molar-refractivity contribution in [1.82, 2.24) is 9.88 Å². The third-order valence-corrected chi connectivity index (χ3v) is 5.98. The van der Waals surface area contributed by atoms with Crippen LogP contribution in [-0.2, 0) is 0 Å². The van der Waals surface area contributed by atoms with Gasteiger partial charge >= 0.3 is 0 Å². The van der Waals surface area contributed by atoms with E-state index >= 15 is 0 Å². The second-order valence-electron chi connectivity index (χ2n) is 8.04. The van der Waals surface area contributed by atoms with Crippen molar-refractivity contribution in [3.63, 3.8) is 0 Å². The number of rotatable bonds is 4. The Kier molecular flexibility index (Phi) is 5.88. The standard InChI is InChI=1S/C23H30N4O2/c1-18-6-5-11-27(17-18)23(28)20-16-19(9-10-24-20)25-12-14-26(15-13-25)21-7-3-4-8-22(21)29-2/h3-4,7-10,16,18H,5-6,11-15,17H2,1-2H3.